The SMILES string of the molecule is Cc1ccc(NC(c2ccc(F)cc2)c2ccc3cccnc3c2O)c([N+](=O)[O-])c1. The highest BCUT2D eigenvalue weighted by molar-refractivity contribution is 5.86. The van der Waals surface area contributed by atoms with Crippen molar-refractivity contribution in [1.29, 1.82) is 0 Å². The van der Waals surface area contributed by atoms with E-state index in [0.717, 1.165) is 10.9 Å². The second-order valence-corrected chi connectivity index (χ2v) is 6.99. The number of fused-ring (bicyclic) bond motifs is 1. The zero-order valence-electron chi connectivity index (χ0n) is 16.0. The number of anilines is 1. The van der Waals surface area contributed by atoms with Gasteiger partial charge in [0.05, 0.1) is 11.0 Å². The molecule has 0 amide bonds. The summed E-state index contributed by atoms with van der Waals surface area (Å²) in [6, 6.07) is 17.1. The number of rotatable bonds is 5. The number of phenols is 1. The van der Waals surface area contributed by atoms with E-state index < -0.39 is 16.8 Å². The van der Waals surface area contributed by atoms with Gasteiger partial charge < -0.3 is 10.4 Å². The van der Waals surface area contributed by atoms with Crippen LogP contribution in [-0.4, -0.2) is 15.0 Å². The number of hydrogen-bond donors (Lipinski definition) is 2. The second kappa shape index (κ2) is 7.79. The highest BCUT2D eigenvalue weighted by Gasteiger charge is 2.23. The minimum atomic E-state index is -0.668. The predicted octanol–water partition coefficient (Wildman–Crippen LogP) is 5.50. The Labute approximate surface area is 171 Å². The first-order valence-corrected chi connectivity index (χ1v) is 9.27. The molecule has 7 heteroatoms. The summed E-state index contributed by atoms with van der Waals surface area (Å²) in [6.45, 7) is 1.77. The first-order valence-electron chi connectivity index (χ1n) is 9.27. The third-order valence-corrected chi connectivity index (χ3v) is 4.94. The van der Waals surface area contributed by atoms with Crippen molar-refractivity contribution >= 4 is 22.3 Å². The molecule has 4 aromatic rings. The minimum Gasteiger partial charge on any atom is -0.505 e. The van der Waals surface area contributed by atoms with Gasteiger partial charge >= 0.3 is 0 Å². The fourth-order valence-corrected chi connectivity index (χ4v) is 3.44. The lowest BCUT2D eigenvalue weighted by Gasteiger charge is -2.22. The number of halogens is 1. The molecule has 30 heavy (non-hydrogen) atoms. The van der Waals surface area contributed by atoms with E-state index in [9.17, 15) is 19.6 Å². The summed E-state index contributed by atoms with van der Waals surface area (Å²) in [4.78, 5) is 15.4. The summed E-state index contributed by atoms with van der Waals surface area (Å²) in [5.74, 6) is -0.437. The first kappa shape index (κ1) is 19.3. The number of nitro benzene ring substituents is 1. The Hall–Kier alpha value is -4.00. The van der Waals surface area contributed by atoms with Crippen LogP contribution in [0.5, 0.6) is 5.75 Å². The molecule has 0 aliphatic heterocycles. The number of nitro groups is 1. The van der Waals surface area contributed by atoms with E-state index in [-0.39, 0.29) is 11.4 Å². The van der Waals surface area contributed by atoms with Crippen LogP contribution in [0, 0.1) is 22.9 Å². The molecule has 6 nitrogen and oxygen atoms in total. The van der Waals surface area contributed by atoms with Gasteiger partial charge in [-0.3, -0.25) is 15.1 Å². The van der Waals surface area contributed by atoms with Gasteiger partial charge in [0.1, 0.15) is 22.8 Å². The fourth-order valence-electron chi connectivity index (χ4n) is 3.44. The predicted molar refractivity (Wildman–Crippen MR) is 113 cm³/mol. The van der Waals surface area contributed by atoms with Crippen molar-refractivity contribution in [2.45, 2.75) is 13.0 Å². The number of nitrogens with zero attached hydrogens (tertiary/aromatic N) is 2. The van der Waals surface area contributed by atoms with Crippen molar-refractivity contribution in [2.24, 2.45) is 0 Å². The largest absolute Gasteiger partial charge is 0.505 e. The van der Waals surface area contributed by atoms with Gasteiger partial charge in [-0.05, 0) is 42.3 Å². The molecule has 0 saturated heterocycles. The Kier molecular flexibility index (Phi) is 5.02. The number of phenolic OH excluding ortho intramolecular Hbond substituents is 1. The zero-order valence-corrected chi connectivity index (χ0v) is 16.0. The average Bonchev–Trinajstić information content (AvgIpc) is 2.74. The van der Waals surface area contributed by atoms with Gasteiger partial charge in [0.15, 0.2) is 0 Å². The van der Waals surface area contributed by atoms with E-state index in [2.05, 4.69) is 10.3 Å². The van der Waals surface area contributed by atoms with Crippen molar-refractivity contribution in [3.05, 3.63) is 106 Å². The molecule has 1 aromatic heterocycles. The Balaban J connectivity index is 1.88. The second-order valence-electron chi connectivity index (χ2n) is 6.99. The molecule has 0 spiro atoms. The number of aromatic nitrogens is 1. The fraction of sp³-hybridized carbons (Fsp3) is 0.0870. The summed E-state index contributed by atoms with van der Waals surface area (Å²) in [5, 5.41) is 26.4. The molecule has 0 aliphatic rings. The number of aromatic hydroxyl groups is 1. The Morgan fingerprint density at radius 1 is 1.10 bits per heavy atom. The molecule has 0 fully saturated rings. The topological polar surface area (TPSA) is 88.3 Å². The summed E-state index contributed by atoms with van der Waals surface area (Å²) in [7, 11) is 0. The van der Waals surface area contributed by atoms with E-state index in [0.29, 0.717) is 22.3 Å². The van der Waals surface area contributed by atoms with Gasteiger partial charge in [-0.2, -0.15) is 0 Å². The molecule has 1 unspecified atom stereocenters. The lowest BCUT2D eigenvalue weighted by Crippen LogP contribution is -2.14. The lowest BCUT2D eigenvalue weighted by molar-refractivity contribution is -0.384. The standard InChI is InChI=1S/C23H18FN3O3/c1-14-4-11-19(20(13-14)27(29)30)26-21(16-5-8-17(24)9-6-16)18-10-7-15-3-2-12-25-22(15)23(18)28/h2-13,21,26,28H,1H3. The van der Waals surface area contributed by atoms with Crippen molar-refractivity contribution in [1.82, 2.24) is 4.98 Å². The van der Waals surface area contributed by atoms with E-state index in [4.69, 9.17) is 0 Å². The molecule has 3 aromatic carbocycles. The monoisotopic (exact) mass is 403 g/mol. The number of nitrogens with one attached hydrogen (secondary N) is 1. The summed E-state index contributed by atoms with van der Waals surface area (Å²) >= 11 is 0. The van der Waals surface area contributed by atoms with Crippen LogP contribution in [0.25, 0.3) is 10.9 Å². The smallest absolute Gasteiger partial charge is 0.292 e. The maximum atomic E-state index is 13.5. The number of benzene rings is 3. The molecule has 0 radical (unpaired) electrons. The highest BCUT2D eigenvalue weighted by atomic mass is 19.1. The molecule has 0 bridgehead atoms. The summed E-state index contributed by atoms with van der Waals surface area (Å²) in [5.41, 5.74) is 2.49. The van der Waals surface area contributed by atoms with E-state index in [1.165, 1.54) is 18.2 Å². The molecular formula is C23H18FN3O3. The van der Waals surface area contributed by atoms with Crippen molar-refractivity contribution in [3.63, 3.8) is 0 Å². The van der Waals surface area contributed by atoms with E-state index in [1.807, 2.05) is 12.1 Å². The third-order valence-electron chi connectivity index (χ3n) is 4.94. The van der Waals surface area contributed by atoms with Gasteiger partial charge in [0, 0.05) is 23.2 Å². The maximum absolute atomic E-state index is 13.5. The quantitative estimate of drug-likeness (QED) is 0.339. The molecule has 1 atom stereocenters. The Morgan fingerprint density at radius 3 is 2.60 bits per heavy atom. The van der Waals surface area contributed by atoms with Crippen LogP contribution in [0.1, 0.15) is 22.7 Å². The van der Waals surface area contributed by atoms with E-state index in [1.54, 1.807) is 49.5 Å². The van der Waals surface area contributed by atoms with Crippen LogP contribution >= 0.6 is 0 Å². The van der Waals surface area contributed by atoms with Crippen LogP contribution in [0.2, 0.25) is 0 Å². The van der Waals surface area contributed by atoms with Crippen LogP contribution in [0.3, 0.4) is 0 Å². The van der Waals surface area contributed by atoms with Gasteiger partial charge in [-0.15, -0.1) is 0 Å². The molecule has 2 N–H and O–H groups in total. The number of hydrogen-bond acceptors (Lipinski definition) is 5. The maximum Gasteiger partial charge on any atom is 0.292 e. The zero-order chi connectivity index (χ0) is 21.3. The molecule has 150 valence electrons. The van der Waals surface area contributed by atoms with Crippen LogP contribution in [0.4, 0.5) is 15.8 Å². The van der Waals surface area contributed by atoms with Crippen LogP contribution in [-0.2, 0) is 0 Å². The third kappa shape index (κ3) is 3.65. The molecule has 4 rings (SSSR count). The average molecular weight is 403 g/mol. The summed E-state index contributed by atoms with van der Waals surface area (Å²) in [6.07, 6.45) is 1.58. The van der Waals surface area contributed by atoms with Crippen molar-refractivity contribution in [3.8, 4) is 5.75 Å². The molecule has 0 saturated carbocycles. The number of aryl methyl sites for hydroxylation is 1. The summed E-state index contributed by atoms with van der Waals surface area (Å²) < 4.78 is 13.5. The number of pyridine rings is 1. The Bertz CT molecular complexity index is 1240. The minimum absolute atomic E-state index is 0.0373. The van der Waals surface area contributed by atoms with Crippen molar-refractivity contribution < 1.29 is 14.4 Å². The molecule has 0 aliphatic carbocycles. The van der Waals surface area contributed by atoms with Crippen LogP contribution < -0.4 is 5.32 Å². The normalized spacial score (nSPS) is 11.9. The lowest BCUT2D eigenvalue weighted by atomic mass is 9.95. The Morgan fingerprint density at radius 2 is 1.87 bits per heavy atom. The van der Waals surface area contributed by atoms with Gasteiger partial charge in [-0.25, -0.2) is 4.39 Å². The van der Waals surface area contributed by atoms with Crippen LogP contribution in [0.15, 0.2) is 72.9 Å². The van der Waals surface area contributed by atoms with Gasteiger partial charge in [-0.1, -0.05) is 36.4 Å². The van der Waals surface area contributed by atoms with Gasteiger partial charge in [0.25, 0.3) is 5.69 Å². The van der Waals surface area contributed by atoms with Gasteiger partial charge in [0.2, 0.25) is 0 Å². The molecular weight excluding hydrogens is 385 g/mol. The molecule has 1 heterocycles. The van der Waals surface area contributed by atoms with Crippen molar-refractivity contribution in [2.75, 3.05) is 5.32 Å². The van der Waals surface area contributed by atoms with E-state index >= 15 is 0 Å². The first-order chi connectivity index (χ1) is 14.4. The highest BCUT2D eigenvalue weighted by Crippen LogP contribution is 2.38.